The zero-order valence-corrected chi connectivity index (χ0v) is 12.0. The van der Waals surface area contributed by atoms with Gasteiger partial charge in [-0.1, -0.05) is 15.9 Å². The number of carbonyl (C=O) groups excluding carboxylic acids is 1. The smallest absolute Gasteiger partial charge is 0.271 e. The van der Waals surface area contributed by atoms with E-state index in [2.05, 4.69) is 26.5 Å². The SMILES string of the molecule is Nc1ccc(C(=O)NN=Cc2cc(Br)ccc2O)cc1. The Morgan fingerprint density at radius 3 is 2.65 bits per heavy atom. The molecule has 6 heteroatoms. The highest BCUT2D eigenvalue weighted by Gasteiger charge is 2.03. The second-order valence-corrected chi connectivity index (χ2v) is 4.94. The minimum absolute atomic E-state index is 0.0821. The van der Waals surface area contributed by atoms with Gasteiger partial charge in [0.2, 0.25) is 0 Å². The molecule has 102 valence electrons. The Balaban J connectivity index is 2.04. The van der Waals surface area contributed by atoms with Crippen molar-refractivity contribution in [2.45, 2.75) is 0 Å². The molecule has 0 saturated heterocycles. The highest BCUT2D eigenvalue weighted by Crippen LogP contribution is 2.19. The lowest BCUT2D eigenvalue weighted by atomic mass is 10.2. The van der Waals surface area contributed by atoms with E-state index in [0.29, 0.717) is 16.8 Å². The monoisotopic (exact) mass is 333 g/mol. The fourth-order valence-corrected chi connectivity index (χ4v) is 1.87. The van der Waals surface area contributed by atoms with Crippen molar-refractivity contribution in [2.75, 3.05) is 5.73 Å². The first kappa shape index (κ1) is 14.1. The van der Waals surface area contributed by atoms with Crippen molar-refractivity contribution in [3.8, 4) is 5.75 Å². The van der Waals surface area contributed by atoms with E-state index < -0.39 is 0 Å². The molecular formula is C14H12BrN3O2. The van der Waals surface area contributed by atoms with Crippen LogP contribution in [-0.4, -0.2) is 17.2 Å². The van der Waals surface area contributed by atoms with E-state index in [1.54, 1.807) is 36.4 Å². The Bertz CT molecular complexity index is 654. The molecular weight excluding hydrogens is 322 g/mol. The summed E-state index contributed by atoms with van der Waals surface area (Å²) < 4.78 is 0.807. The van der Waals surface area contributed by atoms with Gasteiger partial charge in [-0.15, -0.1) is 0 Å². The first-order valence-electron chi connectivity index (χ1n) is 5.74. The summed E-state index contributed by atoms with van der Waals surface area (Å²) in [6, 6.07) is 11.4. The molecule has 0 heterocycles. The number of halogens is 1. The maximum Gasteiger partial charge on any atom is 0.271 e. The predicted molar refractivity (Wildman–Crippen MR) is 81.7 cm³/mol. The van der Waals surface area contributed by atoms with E-state index >= 15 is 0 Å². The molecule has 0 spiro atoms. The highest BCUT2D eigenvalue weighted by molar-refractivity contribution is 9.10. The molecule has 0 fully saturated rings. The maximum absolute atomic E-state index is 11.8. The van der Waals surface area contributed by atoms with E-state index in [1.807, 2.05) is 0 Å². The molecule has 2 rings (SSSR count). The third-order valence-electron chi connectivity index (χ3n) is 2.53. The Hall–Kier alpha value is -2.34. The second-order valence-electron chi connectivity index (χ2n) is 4.02. The van der Waals surface area contributed by atoms with Gasteiger partial charge in [-0.3, -0.25) is 4.79 Å². The van der Waals surface area contributed by atoms with Crippen molar-refractivity contribution in [2.24, 2.45) is 5.10 Å². The summed E-state index contributed by atoms with van der Waals surface area (Å²) in [5.74, 6) is -0.269. The lowest BCUT2D eigenvalue weighted by Gasteiger charge is -2.01. The third-order valence-corrected chi connectivity index (χ3v) is 3.03. The summed E-state index contributed by atoms with van der Waals surface area (Å²) in [7, 11) is 0. The summed E-state index contributed by atoms with van der Waals surface area (Å²) in [5.41, 5.74) is 9.45. The molecule has 2 aromatic rings. The van der Waals surface area contributed by atoms with Gasteiger partial charge in [0, 0.05) is 21.3 Å². The normalized spacial score (nSPS) is 10.7. The van der Waals surface area contributed by atoms with Gasteiger partial charge in [-0.05, 0) is 42.5 Å². The largest absolute Gasteiger partial charge is 0.507 e. The number of nitrogens with two attached hydrogens (primary N) is 1. The molecule has 5 nitrogen and oxygen atoms in total. The van der Waals surface area contributed by atoms with Crippen molar-refractivity contribution < 1.29 is 9.90 Å². The van der Waals surface area contributed by atoms with E-state index in [4.69, 9.17) is 5.73 Å². The highest BCUT2D eigenvalue weighted by atomic mass is 79.9. The fraction of sp³-hybridized carbons (Fsp3) is 0. The van der Waals surface area contributed by atoms with Gasteiger partial charge in [0.05, 0.1) is 6.21 Å². The van der Waals surface area contributed by atoms with Crippen LogP contribution in [0.4, 0.5) is 5.69 Å². The number of phenols is 1. The number of rotatable bonds is 3. The van der Waals surface area contributed by atoms with Crippen LogP contribution in [0.25, 0.3) is 0 Å². The molecule has 0 atom stereocenters. The Morgan fingerprint density at radius 1 is 1.25 bits per heavy atom. The average molecular weight is 334 g/mol. The van der Waals surface area contributed by atoms with Crippen LogP contribution < -0.4 is 11.2 Å². The quantitative estimate of drug-likeness (QED) is 0.458. The van der Waals surface area contributed by atoms with Crippen LogP contribution in [0.1, 0.15) is 15.9 Å². The van der Waals surface area contributed by atoms with Crippen molar-refractivity contribution in [1.29, 1.82) is 0 Å². The molecule has 1 amide bonds. The maximum atomic E-state index is 11.8. The standard InChI is InChI=1S/C14H12BrN3O2/c15-11-3-6-13(19)10(7-11)8-17-18-14(20)9-1-4-12(16)5-2-9/h1-8,19H,16H2,(H,18,20). The van der Waals surface area contributed by atoms with E-state index in [9.17, 15) is 9.90 Å². The summed E-state index contributed by atoms with van der Waals surface area (Å²) >= 11 is 3.29. The molecule has 0 radical (unpaired) electrons. The zero-order chi connectivity index (χ0) is 14.5. The lowest BCUT2D eigenvalue weighted by molar-refractivity contribution is 0.0955. The first-order chi connectivity index (χ1) is 9.56. The third kappa shape index (κ3) is 3.58. The summed E-state index contributed by atoms with van der Waals surface area (Å²) in [6.45, 7) is 0. The number of nitrogens with one attached hydrogen (secondary N) is 1. The first-order valence-corrected chi connectivity index (χ1v) is 6.53. The zero-order valence-electron chi connectivity index (χ0n) is 10.4. The van der Waals surface area contributed by atoms with Gasteiger partial charge in [0.15, 0.2) is 0 Å². The van der Waals surface area contributed by atoms with Crippen LogP contribution in [-0.2, 0) is 0 Å². The molecule has 0 aliphatic heterocycles. The van der Waals surface area contributed by atoms with E-state index in [1.165, 1.54) is 12.3 Å². The van der Waals surface area contributed by atoms with Crippen molar-refractivity contribution >= 4 is 33.7 Å². The molecule has 20 heavy (non-hydrogen) atoms. The summed E-state index contributed by atoms with van der Waals surface area (Å²) in [4.78, 5) is 11.8. The number of hydrogen-bond acceptors (Lipinski definition) is 4. The number of carbonyl (C=O) groups is 1. The van der Waals surface area contributed by atoms with Crippen LogP contribution in [0.3, 0.4) is 0 Å². The topological polar surface area (TPSA) is 87.7 Å². The Kier molecular flexibility index (Phi) is 4.37. The molecule has 4 N–H and O–H groups in total. The predicted octanol–water partition coefficient (Wildman–Crippen LogP) is 2.50. The second kappa shape index (κ2) is 6.21. The average Bonchev–Trinajstić information content (AvgIpc) is 2.43. The minimum atomic E-state index is -0.351. The Morgan fingerprint density at radius 2 is 1.95 bits per heavy atom. The minimum Gasteiger partial charge on any atom is -0.507 e. The van der Waals surface area contributed by atoms with E-state index in [0.717, 1.165) is 4.47 Å². The van der Waals surface area contributed by atoms with Gasteiger partial charge < -0.3 is 10.8 Å². The number of aromatic hydroxyl groups is 1. The number of amides is 1. The van der Waals surface area contributed by atoms with Gasteiger partial charge in [-0.25, -0.2) is 5.43 Å². The van der Waals surface area contributed by atoms with Gasteiger partial charge in [0.1, 0.15) is 5.75 Å². The number of nitrogen functional groups attached to an aromatic ring is 1. The number of hydrazone groups is 1. The van der Waals surface area contributed by atoms with Crippen LogP contribution in [0.5, 0.6) is 5.75 Å². The summed E-state index contributed by atoms with van der Waals surface area (Å²) in [5, 5.41) is 13.4. The Labute approximate surface area is 124 Å². The molecule has 0 unspecified atom stereocenters. The number of anilines is 1. The van der Waals surface area contributed by atoms with Crippen LogP contribution >= 0.6 is 15.9 Å². The van der Waals surface area contributed by atoms with Crippen molar-refractivity contribution in [3.63, 3.8) is 0 Å². The fourth-order valence-electron chi connectivity index (χ4n) is 1.49. The number of hydrogen-bond donors (Lipinski definition) is 3. The molecule has 2 aromatic carbocycles. The number of nitrogens with zero attached hydrogens (tertiary/aromatic N) is 1. The molecule has 0 bridgehead atoms. The van der Waals surface area contributed by atoms with Crippen LogP contribution in [0, 0.1) is 0 Å². The van der Waals surface area contributed by atoms with Crippen LogP contribution in [0.2, 0.25) is 0 Å². The van der Waals surface area contributed by atoms with Gasteiger partial charge in [0.25, 0.3) is 5.91 Å². The molecule has 0 saturated carbocycles. The number of benzene rings is 2. The van der Waals surface area contributed by atoms with Gasteiger partial charge >= 0.3 is 0 Å². The molecule has 0 aromatic heterocycles. The van der Waals surface area contributed by atoms with Crippen LogP contribution in [0.15, 0.2) is 52.0 Å². The molecule has 0 aliphatic carbocycles. The lowest BCUT2D eigenvalue weighted by Crippen LogP contribution is -2.17. The van der Waals surface area contributed by atoms with Crippen molar-refractivity contribution in [3.05, 3.63) is 58.1 Å². The van der Waals surface area contributed by atoms with E-state index in [-0.39, 0.29) is 11.7 Å². The van der Waals surface area contributed by atoms with Gasteiger partial charge in [-0.2, -0.15) is 5.10 Å². The molecule has 0 aliphatic rings. The number of phenolic OH excluding ortho intramolecular Hbond substituents is 1. The van der Waals surface area contributed by atoms with Crippen molar-refractivity contribution in [1.82, 2.24) is 5.43 Å². The summed E-state index contributed by atoms with van der Waals surface area (Å²) in [6.07, 6.45) is 1.37.